The lowest BCUT2D eigenvalue weighted by molar-refractivity contribution is -0.118. The maximum absolute atomic E-state index is 12.6. The average molecular weight is 450 g/mol. The van der Waals surface area contributed by atoms with Gasteiger partial charge in [-0.1, -0.05) is 6.42 Å². The minimum atomic E-state index is -0.494. The molecular formula is C23H27N7O3. The number of anilines is 1. The van der Waals surface area contributed by atoms with Crippen LogP contribution in [0.2, 0.25) is 0 Å². The molecule has 2 amide bonds. The number of primary amides is 1. The number of ether oxygens (including phenoxy) is 1. The van der Waals surface area contributed by atoms with E-state index in [1.807, 2.05) is 6.92 Å². The van der Waals surface area contributed by atoms with Crippen molar-refractivity contribution in [3.63, 3.8) is 0 Å². The Kier molecular flexibility index (Phi) is 6.64. The number of nitrogens with two attached hydrogens (primary N) is 1. The molecule has 1 unspecified atom stereocenters. The monoisotopic (exact) mass is 449 g/mol. The third-order valence-electron chi connectivity index (χ3n) is 5.45. The number of benzene rings is 1. The van der Waals surface area contributed by atoms with Crippen molar-refractivity contribution in [2.45, 2.75) is 32.2 Å². The lowest BCUT2D eigenvalue weighted by Crippen LogP contribution is -2.40. The van der Waals surface area contributed by atoms with Gasteiger partial charge in [-0.2, -0.15) is 10.1 Å². The summed E-state index contributed by atoms with van der Waals surface area (Å²) in [5.74, 6) is 1.49. The summed E-state index contributed by atoms with van der Waals surface area (Å²) in [6.45, 7) is 2.89. The summed E-state index contributed by atoms with van der Waals surface area (Å²) in [6.07, 6.45) is 4.68. The van der Waals surface area contributed by atoms with E-state index in [9.17, 15) is 9.59 Å². The Hall–Kier alpha value is -3.79. The van der Waals surface area contributed by atoms with Crippen LogP contribution in [0.5, 0.6) is 11.6 Å². The van der Waals surface area contributed by atoms with Crippen LogP contribution in [-0.4, -0.2) is 49.6 Å². The fourth-order valence-corrected chi connectivity index (χ4v) is 3.89. The highest BCUT2D eigenvalue weighted by Crippen LogP contribution is 2.30. The van der Waals surface area contributed by atoms with Gasteiger partial charge in [-0.15, -0.1) is 0 Å². The van der Waals surface area contributed by atoms with Gasteiger partial charge in [0.1, 0.15) is 11.6 Å². The zero-order valence-corrected chi connectivity index (χ0v) is 18.7. The van der Waals surface area contributed by atoms with Crippen molar-refractivity contribution >= 4 is 17.6 Å². The van der Waals surface area contributed by atoms with Crippen molar-refractivity contribution in [1.29, 1.82) is 0 Å². The molecule has 10 heteroatoms. The van der Waals surface area contributed by atoms with Crippen LogP contribution in [0, 0.1) is 6.92 Å². The molecule has 0 aliphatic carbocycles. The highest BCUT2D eigenvalue weighted by atomic mass is 16.5. The van der Waals surface area contributed by atoms with Crippen molar-refractivity contribution < 1.29 is 14.3 Å². The molecule has 1 aliphatic heterocycles. The predicted molar refractivity (Wildman–Crippen MR) is 122 cm³/mol. The Morgan fingerprint density at radius 3 is 2.67 bits per heavy atom. The fraction of sp³-hybridized carbons (Fsp3) is 0.348. The number of amides is 2. The summed E-state index contributed by atoms with van der Waals surface area (Å²) < 4.78 is 7.55. The molecular weight excluding hydrogens is 422 g/mol. The standard InChI is InChI=1S/C23H27N7O3/c1-15-13-21(33-17-8-6-16(7-9-17)22(24)32)27-23(25-15)18-5-3-4-11-30(18)14-20(31)26-19-10-12-29(2)28-19/h6-10,12-13,18H,3-5,11,14H2,1-2H3,(H2,24,32)(H,26,28,31). The second kappa shape index (κ2) is 9.78. The maximum atomic E-state index is 12.6. The molecule has 3 N–H and O–H groups in total. The van der Waals surface area contributed by atoms with E-state index < -0.39 is 5.91 Å². The van der Waals surface area contributed by atoms with Gasteiger partial charge >= 0.3 is 0 Å². The van der Waals surface area contributed by atoms with Crippen LogP contribution in [0.3, 0.4) is 0 Å². The lowest BCUT2D eigenvalue weighted by atomic mass is 10.0. The molecule has 1 aliphatic rings. The number of nitrogens with one attached hydrogen (secondary N) is 1. The maximum Gasteiger partial charge on any atom is 0.248 e. The molecule has 1 aromatic carbocycles. The second-order valence-electron chi connectivity index (χ2n) is 8.10. The molecule has 33 heavy (non-hydrogen) atoms. The van der Waals surface area contributed by atoms with Crippen LogP contribution in [0.4, 0.5) is 5.82 Å². The summed E-state index contributed by atoms with van der Waals surface area (Å²) in [7, 11) is 1.80. The molecule has 0 saturated carbocycles. The topological polar surface area (TPSA) is 128 Å². The molecule has 2 aromatic heterocycles. The third kappa shape index (κ3) is 5.72. The number of aryl methyl sites for hydroxylation is 2. The number of carbonyl (C=O) groups excluding carboxylic acids is 2. The molecule has 172 valence electrons. The molecule has 1 fully saturated rings. The summed E-state index contributed by atoms with van der Waals surface area (Å²) in [5, 5.41) is 7.04. The SMILES string of the molecule is Cc1cc(Oc2ccc(C(N)=O)cc2)nc(C2CCCCN2CC(=O)Nc2ccn(C)n2)n1. The predicted octanol–water partition coefficient (Wildman–Crippen LogP) is 2.58. The van der Waals surface area contributed by atoms with Crippen LogP contribution in [0.15, 0.2) is 42.6 Å². The van der Waals surface area contributed by atoms with Gasteiger partial charge in [-0.25, -0.2) is 4.98 Å². The van der Waals surface area contributed by atoms with Gasteiger partial charge < -0.3 is 15.8 Å². The summed E-state index contributed by atoms with van der Waals surface area (Å²) in [6, 6.07) is 9.98. The molecule has 3 aromatic rings. The second-order valence-corrected chi connectivity index (χ2v) is 8.10. The van der Waals surface area contributed by atoms with Crippen molar-refractivity contribution in [3.05, 3.63) is 59.7 Å². The molecule has 0 bridgehead atoms. The third-order valence-corrected chi connectivity index (χ3v) is 5.45. The van der Waals surface area contributed by atoms with E-state index in [0.29, 0.717) is 28.8 Å². The van der Waals surface area contributed by atoms with E-state index in [-0.39, 0.29) is 18.5 Å². The van der Waals surface area contributed by atoms with E-state index in [1.54, 1.807) is 54.3 Å². The number of piperidine rings is 1. The van der Waals surface area contributed by atoms with Gasteiger partial charge in [0, 0.05) is 36.6 Å². The van der Waals surface area contributed by atoms with E-state index in [2.05, 4.69) is 25.3 Å². The van der Waals surface area contributed by atoms with Crippen LogP contribution in [-0.2, 0) is 11.8 Å². The van der Waals surface area contributed by atoms with Gasteiger partial charge in [0.2, 0.25) is 17.7 Å². The Morgan fingerprint density at radius 1 is 1.18 bits per heavy atom. The van der Waals surface area contributed by atoms with E-state index >= 15 is 0 Å². The molecule has 1 atom stereocenters. The highest BCUT2D eigenvalue weighted by Gasteiger charge is 2.28. The van der Waals surface area contributed by atoms with Crippen LogP contribution < -0.4 is 15.8 Å². The number of hydrogen-bond donors (Lipinski definition) is 2. The number of nitrogens with zero attached hydrogens (tertiary/aromatic N) is 5. The Morgan fingerprint density at radius 2 is 1.97 bits per heavy atom. The van der Waals surface area contributed by atoms with Crippen LogP contribution in [0.25, 0.3) is 0 Å². The van der Waals surface area contributed by atoms with Gasteiger partial charge in [0.05, 0.1) is 12.6 Å². The van der Waals surface area contributed by atoms with Crippen molar-refractivity contribution in [2.24, 2.45) is 12.8 Å². The normalized spacial score (nSPS) is 16.4. The van der Waals surface area contributed by atoms with Gasteiger partial charge in [-0.3, -0.25) is 19.2 Å². The van der Waals surface area contributed by atoms with E-state index in [0.717, 1.165) is 31.5 Å². The summed E-state index contributed by atoms with van der Waals surface area (Å²) in [4.78, 5) is 35.3. The molecule has 0 spiro atoms. The minimum Gasteiger partial charge on any atom is -0.439 e. The van der Waals surface area contributed by atoms with Crippen molar-refractivity contribution in [2.75, 3.05) is 18.4 Å². The molecule has 3 heterocycles. The number of aromatic nitrogens is 4. The zero-order chi connectivity index (χ0) is 23.4. The Labute approximate surface area is 191 Å². The summed E-state index contributed by atoms with van der Waals surface area (Å²) in [5.41, 5.74) is 6.47. The summed E-state index contributed by atoms with van der Waals surface area (Å²) >= 11 is 0. The van der Waals surface area contributed by atoms with E-state index in [1.165, 1.54) is 0 Å². The highest BCUT2D eigenvalue weighted by molar-refractivity contribution is 5.92. The Bertz CT molecular complexity index is 1140. The largest absolute Gasteiger partial charge is 0.439 e. The first-order valence-corrected chi connectivity index (χ1v) is 10.8. The van der Waals surface area contributed by atoms with Crippen LogP contribution in [0.1, 0.15) is 47.2 Å². The van der Waals surface area contributed by atoms with Crippen LogP contribution >= 0.6 is 0 Å². The smallest absolute Gasteiger partial charge is 0.248 e. The molecule has 1 saturated heterocycles. The van der Waals surface area contributed by atoms with Gasteiger partial charge in [0.15, 0.2) is 5.82 Å². The quantitative estimate of drug-likeness (QED) is 0.567. The Balaban J connectivity index is 1.49. The lowest BCUT2D eigenvalue weighted by Gasteiger charge is -2.34. The molecule has 4 rings (SSSR count). The van der Waals surface area contributed by atoms with Crippen molar-refractivity contribution in [3.8, 4) is 11.6 Å². The first kappa shape index (κ1) is 22.4. The molecule has 0 radical (unpaired) electrons. The number of carbonyl (C=O) groups is 2. The van der Waals surface area contributed by atoms with Crippen molar-refractivity contribution in [1.82, 2.24) is 24.6 Å². The molecule has 10 nitrogen and oxygen atoms in total. The fourth-order valence-electron chi connectivity index (χ4n) is 3.89. The number of likely N-dealkylation sites (tertiary alicyclic amines) is 1. The van der Waals surface area contributed by atoms with E-state index in [4.69, 9.17) is 10.5 Å². The number of rotatable bonds is 7. The van der Waals surface area contributed by atoms with Gasteiger partial charge in [0.25, 0.3) is 0 Å². The zero-order valence-electron chi connectivity index (χ0n) is 18.7. The number of hydrogen-bond acceptors (Lipinski definition) is 7. The van der Waals surface area contributed by atoms with Gasteiger partial charge in [-0.05, 0) is 50.6 Å². The minimum absolute atomic E-state index is 0.0901. The first-order valence-electron chi connectivity index (χ1n) is 10.8. The average Bonchev–Trinajstić information content (AvgIpc) is 3.18. The first-order chi connectivity index (χ1) is 15.9.